The van der Waals surface area contributed by atoms with E-state index in [-0.39, 0.29) is 29.2 Å². The van der Waals surface area contributed by atoms with Crippen molar-refractivity contribution in [2.45, 2.75) is 38.7 Å². The minimum Gasteiger partial charge on any atom is -0.459 e. The van der Waals surface area contributed by atoms with E-state index < -0.39 is 0 Å². The average Bonchev–Trinajstić information content (AvgIpc) is 2.49. The van der Waals surface area contributed by atoms with Crippen LogP contribution in [0, 0.1) is 11.3 Å². The van der Waals surface area contributed by atoms with Gasteiger partial charge in [-0.2, -0.15) is 0 Å². The molecule has 0 aliphatic heterocycles. The zero-order valence-corrected chi connectivity index (χ0v) is 12.2. The lowest BCUT2D eigenvalue weighted by Gasteiger charge is -2.43. The molecule has 0 saturated heterocycles. The number of carbonyl (C=O) groups is 2. The van der Waals surface area contributed by atoms with Crippen molar-refractivity contribution in [3.8, 4) is 0 Å². The summed E-state index contributed by atoms with van der Waals surface area (Å²) in [5, 5.41) is 0. The number of fused-ring (bicyclic) bond motifs is 1. The van der Waals surface area contributed by atoms with Crippen LogP contribution in [0.25, 0.3) is 0 Å². The first-order chi connectivity index (χ1) is 10.1. The van der Waals surface area contributed by atoms with Crippen LogP contribution < -0.4 is 0 Å². The molecule has 0 unspecified atom stereocenters. The smallest absolute Gasteiger partial charge is 0.338 e. The molecule has 3 rings (SSSR count). The number of benzene rings is 1. The van der Waals surface area contributed by atoms with E-state index in [4.69, 9.17) is 4.74 Å². The van der Waals surface area contributed by atoms with Crippen molar-refractivity contribution in [2.75, 3.05) is 0 Å². The number of allylic oxidation sites excluding steroid dienone is 2. The Bertz CT molecular complexity index is 575. The highest BCUT2D eigenvalue weighted by Crippen LogP contribution is 2.46. The predicted octanol–water partition coefficient (Wildman–Crippen LogP) is 3.55. The van der Waals surface area contributed by atoms with Crippen LogP contribution >= 0.6 is 0 Å². The SMILES string of the molecule is C[C@@]12C=CC(=O)C[C@H]1C[C@@H](OC(=O)c1ccccc1)CC2. The zero-order chi connectivity index (χ0) is 14.9. The molecule has 0 aromatic heterocycles. The van der Waals surface area contributed by atoms with Crippen LogP contribution in [-0.4, -0.2) is 17.9 Å². The van der Waals surface area contributed by atoms with Crippen LogP contribution in [0.5, 0.6) is 0 Å². The largest absolute Gasteiger partial charge is 0.459 e. The van der Waals surface area contributed by atoms with Gasteiger partial charge >= 0.3 is 5.97 Å². The first-order valence-corrected chi connectivity index (χ1v) is 7.55. The molecule has 0 N–H and O–H groups in total. The van der Waals surface area contributed by atoms with E-state index in [9.17, 15) is 9.59 Å². The molecule has 1 saturated carbocycles. The summed E-state index contributed by atoms with van der Waals surface area (Å²) in [6, 6.07) is 9.07. The fourth-order valence-corrected chi connectivity index (χ4v) is 3.41. The fraction of sp³-hybridized carbons (Fsp3) is 0.444. The summed E-state index contributed by atoms with van der Waals surface area (Å²) >= 11 is 0. The van der Waals surface area contributed by atoms with E-state index in [2.05, 4.69) is 13.0 Å². The Hall–Kier alpha value is -1.90. The van der Waals surface area contributed by atoms with Gasteiger partial charge in [0.05, 0.1) is 5.56 Å². The molecular weight excluding hydrogens is 264 g/mol. The third kappa shape index (κ3) is 2.92. The Morgan fingerprint density at radius 3 is 2.81 bits per heavy atom. The molecule has 110 valence electrons. The third-order valence-corrected chi connectivity index (χ3v) is 4.87. The number of hydrogen-bond donors (Lipinski definition) is 0. The predicted molar refractivity (Wildman–Crippen MR) is 79.9 cm³/mol. The van der Waals surface area contributed by atoms with Crippen LogP contribution in [0.1, 0.15) is 43.0 Å². The highest BCUT2D eigenvalue weighted by Gasteiger charge is 2.42. The molecule has 2 aliphatic carbocycles. The van der Waals surface area contributed by atoms with Crippen molar-refractivity contribution in [1.82, 2.24) is 0 Å². The van der Waals surface area contributed by atoms with Gasteiger partial charge in [-0.05, 0) is 48.8 Å². The highest BCUT2D eigenvalue weighted by molar-refractivity contribution is 5.91. The normalized spacial score (nSPS) is 31.6. The summed E-state index contributed by atoms with van der Waals surface area (Å²) in [7, 11) is 0. The number of carbonyl (C=O) groups excluding carboxylic acids is 2. The summed E-state index contributed by atoms with van der Waals surface area (Å²) in [6.07, 6.45) is 6.89. The van der Waals surface area contributed by atoms with Crippen LogP contribution in [0.2, 0.25) is 0 Å². The van der Waals surface area contributed by atoms with E-state index in [1.807, 2.05) is 18.2 Å². The van der Waals surface area contributed by atoms with Gasteiger partial charge in [0.1, 0.15) is 6.10 Å². The second-order valence-corrected chi connectivity index (χ2v) is 6.37. The molecule has 0 radical (unpaired) electrons. The molecule has 0 heterocycles. The maximum atomic E-state index is 12.1. The lowest BCUT2D eigenvalue weighted by atomic mass is 9.63. The van der Waals surface area contributed by atoms with Crippen molar-refractivity contribution in [3.63, 3.8) is 0 Å². The van der Waals surface area contributed by atoms with Crippen molar-refractivity contribution in [2.24, 2.45) is 11.3 Å². The topological polar surface area (TPSA) is 43.4 Å². The standard InChI is InChI=1S/C18H20O3/c1-18-9-7-15(19)11-14(18)12-16(8-10-18)21-17(20)13-5-3-2-4-6-13/h2-7,9,14,16H,8,10-12H2,1H3/t14-,16-,18-/m0/s1. The van der Waals surface area contributed by atoms with Gasteiger partial charge in [-0.15, -0.1) is 0 Å². The van der Waals surface area contributed by atoms with Gasteiger partial charge in [0.15, 0.2) is 5.78 Å². The average molecular weight is 284 g/mol. The van der Waals surface area contributed by atoms with Crippen LogP contribution in [0.15, 0.2) is 42.5 Å². The van der Waals surface area contributed by atoms with E-state index in [1.54, 1.807) is 18.2 Å². The van der Waals surface area contributed by atoms with E-state index in [0.29, 0.717) is 12.0 Å². The molecular formula is C18H20O3. The monoisotopic (exact) mass is 284 g/mol. The Labute approximate surface area is 125 Å². The number of ketones is 1. The van der Waals surface area contributed by atoms with Crippen molar-refractivity contribution in [3.05, 3.63) is 48.0 Å². The number of esters is 1. The summed E-state index contributed by atoms with van der Waals surface area (Å²) < 4.78 is 5.63. The maximum absolute atomic E-state index is 12.1. The van der Waals surface area contributed by atoms with Crippen LogP contribution in [0.4, 0.5) is 0 Å². The van der Waals surface area contributed by atoms with E-state index in [0.717, 1.165) is 19.3 Å². The Balaban J connectivity index is 1.66. The van der Waals surface area contributed by atoms with Crippen molar-refractivity contribution in [1.29, 1.82) is 0 Å². The van der Waals surface area contributed by atoms with Crippen LogP contribution in [0.3, 0.4) is 0 Å². The minimum absolute atomic E-state index is 0.0740. The molecule has 0 bridgehead atoms. The lowest BCUT2D eigenvalue weighted by Crippen LogP contribution is -2.39. The second kappa shape index (κ2) is 5.47. The maximum Gasteiger partial charge on any atom is 0.338 e. The van der Waals surface area contributed by atoms with E-state index >= 15 is 0 Å². The molecule has 2 aliphatic rings. The molecule has 21 heavy (non-hydrogen) atoms. The Kier molecular flexibility index (Phi) is 3.66. The van der Waals surface area contributed by atoms with Crippen LogP contribution in [-0.2, 0) is 9.53 Å². The number of rotatable bonds is 2. The first-order valence-electron chi connectivity index (χ1n) is 7.55. The molecule has 3 heteroatoms. The quantitative estimate of drug-likeness (QED) is 0.780. The van der Waals surface area contributed by atoms with E-state index in [1.165, 1.54) is 0 Å². The molecule has 1 fully saturated rings. The van der Waals surface area contributed by atoms with Crippen molar-refractivity contribution >= 4 is 11.8 Å². The summed E-state index contributed by atoms with van der Waals surface area (Å²) in [4.78, 5) is 23.7. The first kappa shape index (κ1) is 14.1. The molecule has 0 spiro atoms. The molecule has 0 amide bonds. The Morgan fingerprint density at radius 2 is 2.05 bits per heavy atom. The van der Waals surface area contributed by atoms with Crippen molar-refractivity contribution < 1.29 is 14.3 Å². The highest BCUT2D eigenvalue weighted by atomic mass is 16.5. The molecule has 1 aromatic rings. The molecule has 3 atom stereocenters. The number of hydrogen-bond acceptors (Lipinski definition) is 3. The summed E-state index contributed by atoms with van der Waals surface area (Å²) in [6.45, 7) is 2.20. The van der Waals surface area contributed by atoms with Gasteiger partial charge < -0.3 is 4.74 Å². The lowest BCUT2D eigenvalue weighted by molar-refractivity contribution is -0.118. The molecule has 1 aromatic carbocycles. The minimum atomic E-state index is -0.262. The van der Waals surface area contributed by atoms with Gasteiger partial charge in [0.25, 0.3) is 0 Å². The summed E-state index contributed by atoms with van der Waals surface area (Å²) in [5.74, 6) is 0.215. The Morgan fingerprint density at radius 1 is 1.29 bits per heavy atom. The fourth-order valence-electron chi connectivity index (χ4n) is 3.41. The van der Waals surface area contributed by atoms with Gasteiger partial charge in [-0.25, -0.2) is 4.79 Å². The second-order valence-electron chi connectivity index (χ2n) is 6.37. The van der Waals surface area contributed by atoms with Gasteiger partial charge in [-0.1, -0.05) is 31.2 Å². The summed E-state index contributed by atoms with van der Waals surface area (Å²) in [5.41, 5.74) is 0.675. The molecule has 3 nitrogen and oxygen atoms in total. The number of ether oxygens (including phenoxy) is 1. The zero-order valence-electron chi connectivity index (χ0n) is 12.2. The van der Waals surface area contributed by atoms with Gasteiger partial charge in [-0.3, -0.25) is 4.79 Å². The van der Waals surface area contributed by atoms with Gasteiger partial charge in [0, 0.05) is 6.42 Å². The third-order valence-electron chi connectivity index (χ3n) is 4.87. The van der Waals surface area contributed by atoms with Gasteiger partial charge in [0.2, 0.25) is 0 Å².